The van der Waals surface area contributed by atoms with Gasteiger partial charge in [0.15, 0.2) is 0 Å². The number of carboxylic acids is 1. The van der Waals surface area contributed by atoms with Gasteiger partial charge >= 0.3 is 0 Å². The molecule has 0 atom stereocenters. The van der Waals surface area contributed by atoms with Crippen molar-refractivity contribution in [3.8, 4) is 0 Å². The third-order valence-corrected chi connectivity index (χ3v) is 5.10. The van der Waals surface area contributed by atoms with Crippen molar-refractivity contribution in [2.24, 2.45) is 0 Å². The second kappa shape index (κ2) is 8.57. The maximum atomic E-state index is 12.3. The number of pyridine rings is 1. The molecule has 0 unspecified atom stereocenters. The standard InChI is InChI=1S/C18H20N2O5S/c1-2-3-5-8-13-11-14(12-19-16(13)18(22)23)17(21)20-26(24,25)15-9-6-4-7-10-15/h4,6-7,9-12H,2-3,5,8H2,1H3,(H,20,21)(H,22,23)/p-1. The van der Waals surface area contributed by atoms with Gasteiger partial charge in [-0.15, -0.1) is 0 Å². The number of aromatic nitrogens is 1. The molecule has 1 aromatic carbocycles. The van der Waals surface area contributed by atoms with Crippen LogP contribution in [-0.2, 0) is 16.4 Å². The number of benzene rings is 1. The van der Waals surface area contributed by atoms with E-state index in [1.807, 2.05) is 11.6 Å². The molecule has 8 heteroatoms. The predicted molar refractivity (Wildman–Crippen MR) is 92.9 cm³/mol. The fraction of sp³-hybridized carbons (Fsp3) is 0.278. The van der Waals surface area contributed by atoms with E-state index in [9.17, 15) is 23.1 Å². The van der Waals surface area contributed by atoms with E-state index in [1.54, 1.807) is 18.2 Å². The fourth-order valence-corrected chi connectivity index (χ4v) is 3.41. The summed E-state index contributed by atoms with van der Waals surface area (Å²) < 4.78 is 26.4. The van der Waals surface area contributed by atoms with Crippen LogP contribution in [0.4, 0.5) is 0 Å². The Hall–Kier alpha value is -2.74. The Kier molecular flexibility index (Phi) is 6.46. The van der Waals surface area contributed by atoms with Gasteiger partial charge in [0, 0.05) is 6.20 Å². The second-order valence-corrected chi connectivity index (χ2v) is 7.41. The molecule has 2 rings (SSSR count). The molecule has 0 aliphatic heterocycles. The Bertz CT molecular complexity index is 895. The first-order chi connectivity index (χ1) is 12.3. The van der Waals surface area contributed by atoms with Crippen molar-refractivity contribution in [2.45, 2.75) is 37.5 Å². The lowest BCUT2D eigenvalue weighted by atomic mass is 10.0. The number of carbonyl (C=O) groups is 2. The molecule has 0 spiro atoms. The van der Waals surface area contributed by atoms with E-state index in [2.05, 4.69) is 4.98 Å². The molecule has 1 heterocycles. The molecule has 1 aromatic heterocycles. The first-order valence-corrected chi connectivity index (χ1v) is 9.66. The van der Waals surface area contributed by atoms with E-state index >= 15 is 0 Å². The molecule has 7 nitrogen and oxygen atoms in total. The summed E-state index contributed by atoms with van der Waals surface area (Å²) in [5, 5.41) is 11.2. The van der Waals surface area contributed by atoms with Gasteiger partial charge in [-0.3, -0.25) is 9.78 Å². The Balaban J connectivity index is 2.25. The molecular formula is C18H19N2O5S-. The average molecular weight is 375 g/mol. The number of nitrogens with zero attached hydrogens (tertiary/aromatic N) is 1. The van der Waals surface area contributed by atoms with Crippen molar-refractivity contribution in [3.05, 3.63) is 59.4 Å². The highest BCUT2D eigenvalue weighted by Crippen LogP contribution is 2.14. The number of unbranched alkanes of at least 4 members (excludes halogenated alkanes) is 2. The summed E-state index contributed by atoms with van der Waals surface area (Å²) >= 11 is 0. The zero-order chi connectivity index (χ0) is 19.2. The minimum absolute atomic E-state index is 0.0268. The van der Waals surface area contributed by atoms with Crippen LogP contribution in [0.5, 0.6) is 0 Å². The molecule has 0 aliphatic carbocycles. The van der Waals surface area contributed by atoms with E-state index in [0.29, 0.717) is 12.0 Å². The van der Waals surface area contributed by atoms with Gasteiger partial charge in [-0.2, -0.15) is 0 Å². The second-order valence-electron chi connectivity index (χ2n) is 5.72. The van der Waals surface area contributed by atoms with Crippen molar-refractivity contribution in [2.75, 3.05) is 0 Å². The van der Waals surface area contributed by atoms with Crippen LogP contribution in [0.25, 0.3) is 0 Å². The Morgan fingerprint density at radius 1 is 1.15 bits per heavy atom. The Morgan fingerprint density at radius 2 is 1.85 bits per heavy atom. The maximum Gasteiger partial charge on any atom is 0.266 e. The van der Waals surface area contributed by atoms with Crippen LogP contribution in [0.2, 0.25) is 0 Å². The van der Waals surface area contributed by atoms with Gasteiger partial charge < -0.3 is 9.90 Å². The SMILES string of the molecule is CCCCCc1cc(C(=O)NS(=O)(=O)c2ccccc2)cnc1C(=O)[O-]. The maximum absolute atomic E-state index is 12.3. The first-order valence-electron chi connectivity index (χ1n) is 8.17. The highest BCUT2D eigenvalue weighted by atomic mass is 32.2. The normalized spacial score (nSPS) is 11.1. The van der Waals surface area contributed by atoms with Crippen LogP contribution in [0.3, 0.4) is 0 Å². The van der Waals surface area contributed by atoms with E-state index in [0.717, 1.165) is 25.5 Å². The van der Waals surface area contributed by atoms with Crippen LogP contribution < -0.4 is 9.83 Å². The van der Waals surface area contributed by atoms with E-state index in [-0.39, 0.29) is 16.2 Å². The smallest absolute Gasteiger partial charge is 0.266 e. The lowest BCUT2D eigenvalue weighted by molar-refractivity contribution is -0.255. The molecule has 0 radical (unpaired) electrons. The largest absolute Gasteiger partial charge is 0.543 e. The Labute approximate surface area is 152 Å². The highest BCUT2D eigenvalue weighted by Gasteiger charge is 2.19. The summed E-state index contributed by atoms with van der Waals surface area (Å²) in [7, 11) is -4.02. The molecule has 0 saturated heterocycles. The van der Waals surface area contributed by atoms with Crippen molar-refractivity contribution < 1.29 is 23.1 Å². The summed E-state index contributed by atoms with van der Waals surface area (Å²) in [6.07, 6.45) is 4.02. The number of carbonyl (C=O) groups excluding carboxylic acids is 2. The third kappa shape index (κ3) is 4.89. The number of amides is 1. The summed E-state index contributed by atoms with van der Waals surface area (Å²) in [4.78, 5) is 27.2. The minimum Gasteiger partial charge on any atom is -0.543 e. The lowest BCUT2D eigenvalue weighted by Gasteiger charge is -2.12. The summed E-state index contributed by atoms with van der Waals surface area (Å²) in [6, 6.07) is 8.82. The van der Waals surface area contributed by atoms with Gasteiger partial charge in [-0.25, -0.2) is 13.1 Å². The number of rotatable bonds is 8. The molecule has 2 aromatic rings. The van der Waals surface area contributed by atoms with Crippen molar-refractivity contribution in [1.29, 1.82) is 0 Å². The fourth-order valence-electron chi connectivity index (χ4n) is 2.41. The summed E-state index contributed by atoms with van der Waals surface area (Å²) in [6.45, 7) is 2.01. The van der Waals surface area contributed by atoms with E-state index in [4.69, 9.17) is 0 Å². The van der Waals surface area contributed by atoms with Crippen molar-refractivity contribution in [3.63, 3.8) is 0 Å². The number of sulfonamides is 1. The number of hydrogen-bond acceptors (Lipinski definition) is 6. The quantitative estimate of drug-likeness (QED) is 0.695. The zero-order valence-corrected chi connectivity index (χ0v) is 15.1. The molecule has 1 N–H and O–H groups in total. The predicted octanol–water partition coefficient (Wildman–Crippen LogP) is 1.30. The van der Waals surface area contributed by atoms with Crippen LogP contribution in [0, 0.1) is 0 Å². The van der Waals surface area contributed by atoms with Crippen LogP contribution in [0.15, 0.2) is 47.5 Å². The van der Waals surface area contributed by atoms with Crippen LogP contribution in [0.1, 0.15) is 52.6 Å². The van der Waals surface area contributed by atoms with Gasteiger partial charge in [0.25, 0.3) is 15.9 Å². The molecule has 1 amide bonds. The summed E-state index contributed by atoms with van der Waals surface area (Å²) in [5.74, 6) is -2.30. The van der Waals surface area contributed by atoms with Crippen molar-refractivity contribution >= 4 is 21.9 Å². The van der Waals surface area contributed by atoms with E-state index in [1.165, 1.54) is 18.2 Å². The molecule has 0 saturated carbocycles. The zero-order valence-electron chi connectivity index (χ0n) is 14.3. The number of hydrogen-bond donors (Lipinski definition) is 1. The number of nitrogens with one attached hydrogen (secondary N) is 1. The lowest BCUT2D eigenvalue weighted by Crippen LogP contribution is -2.31. The number of carboxylic acid groups (broad SMARTS) is 1. The molecule has 0 fully saturated rings. The topological polar surface area (TPSA) is 116 Å². The number of aromatic carboxylic acids is 1. The van der Waals surface area contributed by atoms with Gasteiger partial charge in [0.1, 0.15) is 0 Å². The summed E-state index contributed by atoms with van der Waals surface area (Å²) in [5.41, 5.74) is 0.0905. The van der Waals surface area contributed by atoms with E-state index < -0.39 is 21.9 Å². The molecular weight excluding hydrogens is 356 g/mol. The monoisotopic (exact) mass is 375 g/mol. The molecule has 138 valence electrons. The first kappa shape index (κ1) is 19.6. The molecule has 26 heavy (non-hydrogen) atoms. The molecule has 0 aliphatic rings. The number of aryl methyl sites for hydroxylation is 1. The minimum atomic E-state index is -4.02. The Morgan fingerprint density at radius 3 is 2.46 bits per heavy atom. The highest BCUT2D eigenvalue weighted by molar-refractivity contribution is 7.90. The van der Waals surface area contributed by atoms with Gasteiger partial charge in [0.05, 0.1) is 22.1 Å². The van der Waals surface area contributed by atoms with Gasteiger partial charge in [-0.05, 0) is 36.6 Å². The average Bonchev–Trinajstić information content (AvgIpc) is 2.62. The third-order valence-electron chi connectivity index (χ3n) is 3.75. The molecule has 0 bridgehead atoms. The van der Waals surface area contributed by atoms with Gasteiger partial charge in [-0.1, -0.05) is 38.0 Å². The van der Waals surface area contributed by atoms with Gasteiger partial charge in [0.2, 0.25) is 0 Å². The van der Waals surface area contributed by atoms with Crippen LogP contribution in [-0.4, -0.2) is 25.3 Å². The van der Waals surface area contributed by atoms with Crippen molar-refractivity contribution in [1.82, 2.24) is 9.71 Å². The van der Waals surface area contributed by atoms with Crippen LogP contribution >= 0.6 is 0 Å².